The maximum Gasteiger partial charge on any atom is 0.177 e. The van der Waals surface area contributed by atoms with Gasteiger partial charge in [0.05, 0.1) is 9.79 Å². The molecule has 2 aromatic rings. The van der Waals surface area contributed by atoms with E-state index in [4.69, 9.17) is 0 Å². The predicted octanol–water partition coefficient (Wildman–Crippen LogP) is 2.06. The minimum Gasteiger partial charge on any atom is -0.224 e. The van der Waals surface area contributed by atoms with E-state index in [1.54, 1.807) is 6.07 Å². The molecule has 1 aliphatic rings. The molecule has 0 unspecified atom stereocenters. The van der Waals surface area contributed by atoms with E-state index in [1.165, 1.54) is 6.07 Å². The number of benzene rings is 2. The molecule has 0 atom stereocenters. The Balaban J connectivity index is 2.43. The van der Waals surface area contributed by atoms with Crippen molar-refractivity contribution in [2.45, 2.75) is 16.2 Å². The minimum absolute atomic E-state index is 0.0568. The summed E-state index contributed by atoms with van der Waals surface area (Å²) >= 11 is 0. The molecule has 3 rings (SSSR count). The number of fused-ring (bicyclic) bond motifs is 3. The third-order valence-electron chi connectivity index (χ3n) is 3.67. The van der Waals surface area contributed by atoms with Crippen LogP contribution < -0.4 is 0 Å². The molecule has 0 radical (unpaired) electrons. The van der Waals surface area contributed by atoms with Crippen molar-refractivity contribution in [2.24, 2.45) is 0 Å². The molecule has 0 N–H and O–H groups in total. The first-order valence-corrected chi connectivity index (χ1v) is 10.1. The summed E-state index contributed by atoms with van der Waals surface area (Å²) in [4.78, 5) is -0.171. The molecule has 0 bridgehead atoms. The Morgan fingerprint density at radius 3 is 2.10 bits per heavy atom. The van der Waals surface area contributed by atoms with E-state index in [0.29, 0.717) is 12.0 Å². The molecule has 110 valence electrons. The van der Waals surface area contributed by atoms with Gasteiger partial charge in [-0.3, -0.25) is 0 Å². The molecule has 0 aromatic heterocycles. The Labute approximate surface area is 124 Å². The van der Waals surface area contributed by atoms with Gasteiger partial charge < -0.3 is 0 Å². The third-order valence-corrected chi connectivity index (χ3v) is 6.15. The van der Waals surface area contributed by atoms with Gasteiger partial charge in [0.1, 0.15) is 0 Å². The largest absolute Gasteiger partial charge is 0.224 e. The van der Waals surface area contributed by atoms with Crippen molar-refractivity contribution in [1.82, 2.24) is 0 Å². The molecule has 1 aliphatic carbocycles. The minimum atomic E-state index is -3.64. The summed E-state index contributed by atoms with van der Waals surface area (Å²) < 4.78 is 48.1. The quantitative estimate of drug-likeness (QED) is 0.724. The zero-order chi connectivity index (χ0) is 15.4. The first-order chi connectivity index (χ1) is 9.69. The number of hydrogen-bond donors (Lipinski definition) is 0. The average molecular weight is 322 g/mol. The van der Waals surface area contributed by atoms with Crippen LogP contribution in [0.3, 0.4) is 0 Å². The van der Waals surface area contributed by atoms with Crippen molar-refractivity contribution in [3.05, 3.63) is 47.5 Å². The van der Waals surface area contributed by atoms with Crippen molar-refractivity contribution in [3.8, 4) is 11.1 Å². The van der Waals surface area contributed by atoms with Crippen molar-refractivity contribution in [3.63, 3.8) is 0 Å². The molecule has 6 heteroatoms. The van der Waals surface area contributed by atoms with Gasteiger partial charge >= 0.3 is 0 Å². The second-order valence-corrected chi connectivity index (χ2v) is 9.23. The normalized spacial score (nSPS) is 13.8. The van der Waals surface area contributed by atoms with E-state index in [0.717, 1.165) is 29.2 Å². The molecule has 0 saturated carbocycles. The average Bonchev–Trinajstić information content (AvgIpc) is 2.73. The molecule has 4 nitrogen and oxygen atoms in total. The van der Waals surface area contributed by atoms with Gasteiger partial charge in [-0.15, -0.1) is 0 Å². The van der Waals surface area contributed by atoms with Crippen LogP contribution in [0.2, 0.25) is 0 Å². The highest BCUT2D eigenvalue weighted by molar-refractivity contribution is 7.93. The van der Waals surface area contributed by atoms with E-state index in [2.05, 4.69) is 0 Å². The van der Waals surface area contributed by atoms with Crippen LogP contribution in [0.1, 0.15) is 11.1 Å². The molecule has 0 saturated heterocycles. The van der Waals surface area contributed by atoms with Gasteiger partial charge in [-0.1, -0.05) is 30.3 Å². The second-order valence-electron chi connectivity index (χ2n) is 5.30. The lowest BCUT2D eigenvalue weighted by Crippen LogP contribution is -2.10. The van der Waals surface area contributed by atoms with Crippen LogP contribution in [0.4, 0.5) is 0 Å². The first kappa shape index (κ1) is 14.3. The van der Waals surface area contributed by atoms with Crippen molar-refractivity contribution in [1.29, 1.82) is 0 Å². The summed E-state index contributed by atoms with van der Waals surface area (Å²) in [6, 6.07) is 10.7. The third kappa shape index (κ3) is 2.28. The Morgan fingerprint density at radius 1 is 0.810 bits per heavy atom. The summed E-state index contributed by atoms with van der Waals surface area (Å²) in [6.45, 7) is 0. The lowest BCUT2D eigenvalue weighted by molar-refractivity contribution is 0.588. The molecular weight excluding hydrogens is 308 g/mol. The lowest BCUT2D eigenvalue weighted by Gasteiger charge is -2.12. The van der Waals surface area contributed by atoms with Gasteiger partial charge in [-0.2, -0.15) is 0 Å². The van der Waals surface area contributed by atoms with E-state index in [9.17, 15) is 16.8 Å². The Hall–Kier alpha value is -1.66. The van der Waals surface area contributed by atoms with Crippen LogP contribution >= 0.6 is 0 Å². The Kier molecular flexibility index (Phi) is 3.00. The van der Waals surface area contributed by atoms with Crippen LogP contribution in [0.25, 0.3) is 11.1 Å². The standard InChI is InChI=1S/C15H14O4S2/c1-20(16,17)14-8-7-12-11-6-4-3-5-10(11)9-13(12)15(14)21(2,18)19/h3-8H,9H2,1-2H3. The summed E-state index contributed by atoms with van der Waals surface area (Å²) in [5.41, 5.74) is 3.38. The predicted molar refractivity (Wildman–Crippen MR) is 80.9 cm³/mol. The molecule has 21 heavy (non-hydrogen) atoms. The van der Waals surface area contributed by atoms with Gasteiger partial charge in [-0.25, -0.2) is 16.8 Å². The topological polar surface area (TPSA) is 68.3 Å². The van der Waals surface area contributed by atoms with E-state index in [1.807, 2.05) is 24.3 Å². The maximum atomic E-state index is 12.1. The summed E-state index contributed by atoms with van der Waals surface area (Å²) in [6.07, 6.45) is 2.53. The van der Waals surface area contributed by atoms with E-state index >= 15 is 0 Å². The Bertz CT molecular complexity index is 955. The molecular formula is C15H14O4S2. The van der Waals surface area contributed by atoms with E-state index < -0.39 is 19.7 Å². The summed E-state index contributed by atoms with van der Waals surface area (Å²) in [7, 11) is -7.24. The molecule has 0 aliphatic heterocycles. The highest BCUT2D eigenvalue weighted by Crippen LogP contribution is 2.41. The van der Waals surface area contributed by atoms with Crippen molar-refractivity contribution in [2.75, 3.05) is 12.5 Å². The number of sulfone groups is 2. The van der Waals surface area contributed by atoms with Gasteiger partial charge in [0.15, 0.2) is 19.7 Å². The monoisotopic (exact) mass is 322 g/mol. The van der Waals surface area contributed by atoms with Crippen molar-refractivity contribution < 1.29 is 16.8 Å². The molecule has 0 fully saturated rings. The fourth-order valence-electron chi connectivity index (χ4n) is 2.86. The summed E-state index contributed by atoms with van der Waals surface area (Å²) in [5.74, 6) is 0. The van der Waals surface area contributed by atoms with E-state index in [-0.39, 0.29) is 9.79 Å². The highest BCUT2D eigenvalue weighted by atomic mass is 32.2. The van der Waals surface area contributed by atoms with Gasteiger partial charge in [-0.05, 0) is 34.7 Å². The fraction of sp³-hybridized carbons (Fsp3) is 0.200. The zero-order valence-electron chi connectivity index (χ0n) is 11.6. The summed E-state index contributed by atoms with van der Waals surface area (Å²) in [5, 5.41) is 0. The number of rotatable bonds is 2. The molecule has 0 amide bonds. The highest BCUT2D eigenvalue weighted by Gasteiger charge is 2.30. The van der Waals surface area contributed by atoms with Gasteiger partial charge in [0.25, 0.3) is 0 Å². The van der Waals surface area contributed by atoms with Crippen LogP contribution in [0.15, 0.2) is 46.2 Å². The fourth-order valence-corrected chi connectivity index (χ4v) is 5.61. The SMILES string of the molecule is CS(=O)(=O)c1ccc2c(c1S(C)(=O)=O)Cc1ccccc1-2. The maximum absolute atomic E-state index is 12.1. The van der Waals surface area contributed by atoms with Gasteiger partial charge in [0.2, 0.25) is 0 Å². The molecule has 0 spiro atoms. The smallest absolute Gasteiger partial charge is 0.177 e. The van der Waals surface area contributed by atoms with Crippen LogP contribution in [-0.4, -0.2) is 29.3 Å². The number of hydrogen-bond acceptors (Lipinski definition) is 4. The lowest BCUT2D eigenvalue weighted by atomic mass is 10.1. The second kappa shape index (κ2) is 4.42. The Morgan fingerprint density at radius 2 is 1.48 bits per heavy atom. The first-order valence-electron chi connectivity index (χ1n) is 6.34. The molecule has 2 aromatic carbocycles. The van der Waals surface area contributed by atoms with Crippen LogP contribution in [0, 0.1) is 0 Å². The molecule has 0 heterocycles. The van der Waals surface area contributed by atoms with Crippen LogP contribution in [0.5, 0.6) is 0 Å². The van der Waals surface area contributed by atoms with Gasteiger partial charge in [0, 0.05) is 12.5 Å². The zero-order valence-corrected chi connectivity index (χ0v) is 13.3. The van der Waals surface area contributed by atoms with Crippen LogP contribution in [-0.2, 0) is 26.1 Å². The van der Waals surface area contributed by atoms with Crippen molar-refractivity contribution >= 4 is 19.7 Å².